The molecule has 1 aliphatic rings. The molecule has 106 valence electrons. The van der Waals surface area contributed by atoms with Gasteiger partial charge < -0.3 is 14.8 Å². The first-order chi connectivity index (χ1) is 9.63. The first kappa shape index (κ1) is 13.1. The number of aromatic nitrogens is 3. The Bertz CT molecular complexity index is 590. The van der Waals surface area contributed by atoms with Crippen LogP contribution < -0.4 is 0 Å². The highest BCUT2D eigenvalue weighted by molar-refractivity contribution is 5.93. The fraction of sp³-hybridized carbons (Fsp3) is 0.500. The molecule has 20 heavy (non-hydrogen) atoms. The van der Waals surface area contributed by atoms with E-state index >= 15 is 0 Å². The summed E-state index contributed by atoms with van der Waals surface area (Å²) in [6.45, 7) is 2.94. The van der Waals surface area contributed by atoms with Gasteiger partial charge >= 0.3 is 0 Å². The van der Waals surface area contributed by atoms with Gasteiger partial charge in [0, 0.05) is 26.3 Å². The number of nitrogens with zero attached hydrogens (tertiary/aromatic N) is 4. The Labute approximate surface area is 117 Å². The number of H-pyrrole nitrogens is 1. The molecule has 0 radical (unpaired) electrons. The van der Waals surface area contributed by atoms with Gasteiger partial charge in [0.2, 0.25) is 0 Å². The average Bonchev–Trinajstić information content (AvgIpc) is 3.03. The van der Waals surface area contributed by atoms with Crippen LogP contribution in [0.15, 0.2) is 18.3 Å². The van der Waals surface area contributed by atoms with Crippen molar-refractivity contribution in [2.24, 2.45) is 5.92 Å². The number of likely N-dealkylation sites (tertiary alicyclic amines) is 1. The minimum Gasteiger partial charge on any atom is -0.339 e. The molecular weight excluding hydrogens is 254 g/mol. The van der Waals surface area contributed by atoms with Crippen molar-refractivity contribution in [3.8, 4) is 0 Å². The van der Waals surface area contributed by atoms with Crippen LogP contribution in [0, 0.1) is 5.92 Å². The zero-order valence-corrected chi connectivity index (χ0v) is 11.8. The van der Waals surface area contributed by atoms with Crippen LogP contribution in [-0.4, -0.2) is 64.4 Å². The number of amides is 1. The molecule has 6 nitrogen and oxygen atoms in total. The van der Waals surface area contributed by atoms with E-state index in [1.54, 1.807) is 11.1 Å². The molecule has 1 saturated heterocycles. The van der Waals surface area contributed by atoms with Crippen LogP contribution in [0.4, 0.5) is 0 Å². The van der Waals surface area contributed by atoms with Gasteiger partial charge in [0.15, 0.2) is 11.5 Å². The van der Waals surface area contributed by atoms with Crippen molar-refractivity contribution in [2.75, 3.05) is 33.7 Å². The molecule has 6 heteroatoms. The number of carbonyl (C=O) groups is 1. The van der Waals surface area contributed by atoms with Crippen molar-refractivity contribution >= 4 is 17.1 Å². The van der Waals surface area contributed by atoms with Gasteiger partial charge in [-0.2, -0.15) is 0 Å². The standard InChI is InChI=1S/C14H19N5O/c1-18-7-5-10(8-18)9-19(2)14(20)13-16-11-4-3-6-15-12(11)17-13/h3-4,6,10H,5,7-9H2,1-2H3,(H,15,16,17)/t10-/m1/s1. The van der Waals surface area contributed by atoms with Crippen molar-refractivity contribution in [3.63, 3.8) is 0 Å². The van der Waals surface area contributed by atoms with Crippen LogP contribution in [0.2, 0.25) is 0 Å². The summed E-state index contributed by atoms with van der Waals surface area (Å²) < 4.78 is 0. The summed E-state index contributed by atoms with van der Waals surface area (Å²) in [4.78, 5) is 27.9. The largest absolute Gasteiger partial charge is 0.339 e. The van der Waals surface area contributed by atoms with Gasteiger partial charge in [-0.05, 0) is 38.1 Å². The number of aromatic amines is 1. The molecule has 1 N–H and O–H groups in total. The molecule has 1 aliphatic heterocycles. The Kier molecular flexibility index (Phi) is 3.40. The van der Waals surface area contributed by atoms with Gasteiger partial charge in [0.05, 0.1) is 5.52 Å². The zero-order chi connectivity index (χ0) is 14.1. The summed E-state index contributed by atoms with van der Waals surface area (Å²) >= 11 is 0. The lowest BCUT2D eigenvalue weighted by Crippen LogP contribution is -2.33. The van der Waals surface area contributed by atoms with Gasteiger partial charge in [-0.3, -0.25) is 4.79 Å². The van der Waals surface area contributed by atoms with E-state index in [1.165, 1.54) is 0 Å². The topological polar surface area (TPSA) is 65.1 Å². The first-order valence-corrected chi connectivity index (χ1v) is 6.88. The Morgan fingerprint density at radius 2 is 2.45 bits per heavy atom. The Hall–Kier alpha value is -1.95. The number of carbonyl (C=O) groups excluding carboxylic acids is 1. The summed E-state index contributed by atoms with van der Waals surface area (Å²) in [6, 6.07) is 3.70. The molecule has 0 spiro atoms. The van der Waals surface area contributed by atoms with E-state index in [9.17, 15) is 4.79 Å². The molecule has 0 unspecified atom stereocenters. The lowest BCUT2D eigenvalue weighted by atomic mass is 10.1. The SMILES string of the molecule is CN1CC[C@@H](CN(C)C(=O)c2nc3ncccc3[nH]2)C1. The Morgan fingerprint density at radius 3 is 3.15 bits per heavy atom. The molecule has 3 rings (SSSR count). The molecule has 0 bridgehead atoms. The van der Waals surface area contributed by atoms with Crippen molar-refractivity contribution in [3.05, 3.63) is 24.2 Å². The molecule has 1 amide bonds. The highest BCUT2D eigenvalue weighted by Crippen LogP contribution is 2.16. The molecule has 1 atom stereocenters. The fourth-order valence-electron chi connectivity index (χ4n) is 2.77. The molecule has 1 fully saturated rings. The zero-order valence-electron chi connectivity index (χ0n) is 11.8. The van der Waals surface area contributed by atoms with Crippen LogP contribution >= 0.6 is 0 Å². The van der Waals surface area contributed by atoms with E-state index in [0.29, 0.717) is 17.4 Å². The summed E-state index contributed by atoms with van der Waals surface area (Å²) in [5, 5.41) is 0. The van der Waals surface area contributed by atoms with Gasteiger partial charge in [0.25, 0.3) is 5.91 Å². The van der Waals surface area contributed by atoms with Crippen molar-refractivity contribution in [2.45, 2.75) is 6.42 Å². The lowest BCUT2D eigenvalue weighted by molar-refractivity contribution is 0.0763. The second-order valence-corrected chi connectivity index (χ2v) is 5.56. The minimum absolute atomic E-state index is 0.0717. The third kappa shape index (κ3) is 2.51. The number of hydrogen-bond acceptors (Lipinski definition) is 4. The predicted molar refractivity (Wildman–Crippen MR) is 76.5 cm³/mol. The van der Waals surface area contributed by atoms with E-state index in [1.807, 2.05) is 19.2 Å². The second-order valence-electron chi connectivity index (χ2n) is 5.56. The van der Waals surface area contributed by atoms with E-state index in [0.717, 1.165) is 31.6 Å². The van der Waals surface area contributed by atoms with E-state index < -0.39 is 0 Å². The molecular formula is C14H19N5O. The maximum Gasteiger partial charge on any atom is 0.289 e. The summed E-state index contributed by atoms with van der Waals surface area (Å²) in [7, 11) is 3.95. The number of imidazole rings is 1. The van der Waals surface area contributed by atoms with Crippen molar-refractivity contribution < 1.29 is 4.79 Å². The molecule has 3 heterocycles. The maximum atomic E-state index is 12.4. The molecule has 2 aromatic rings. The maximum absolute atomic E-state index is 12.4. The number of fused-ring (bicyclic) bond motifs is 1. The fourth-order valence-corrected chi connectivity index (χ4v) is 2.77. The number of hydrogen-bond donors (Lipinski definition) is 1. The third-order valence-corrected chi connectivity index (χ3v) is 3.83. The molecule has 0 aromatic carbocycles. The van der Waals surface area contributed by atoms with Crippen LogP contribution in [0.5, 0.6) is 0 Å². The highest BCUT2D eigenvalue weighted by atomic mass is 16.2. The van der Waals surface area contributed by atoms with Crippen LogP contribution in [0.25, 0.3) is 11.2 Å². The van der Waals surface area contributed by atoms with Crippen molar-refractivity contribution in [1.29, 1.82) is 0 Å². The summed E-state index contributed by atoms with van der Waals surface area (Å²) in [5.41, 5.74) is 1.38. The van der Waals surface area contributed by atoms with Crippen LogP contribution in [0.3, 0.4) is 0 Å². The quantitative estimate of drug-likeness (QED) is 0.905. The van der Waals surface area contributed by atoms with E-state index in [2.05, 4.69) is 26.9 Å². The average molecular weight is 273 g/mol. The monoisotopic (exact) mass is 273 g/mol. The van der Waals surface area contributed by atoms with Gasteiger partial charge in [-0.1, -0.05) is 0 Å². The normalized spacial score (nSPS) is 19.6. The summed E-state index contributed by atoms with van der Waals surface area (Å²) in [6.07, 6.45) is 2.82. The van der Waals surface area contributed by atoms with E-state index in [4.69, 9.17) is 0 Å². The minimum atomic E-state index is -0.0717. The molecule has 0 aliphatic carbocycles. The van der Waals surface area contributed by atoms with Crippen LogP contribution in [-0.2, 0) is 0 Å². The van der Waals surface area contributed by atoms with E-state index in [-0.39, 0.29) is 5.91 Å². The van der Waals surface area contributed by atoms with Gasteiger partial charge in [-0.25, -0.2) is 9.97 Å². The Balaban J connectivity index is 1.71. The third-order valence-electron chi connectivity index (χ3n) is 3.83. The smallest absolute Gasteiger partial charge is 0.289 e. The molecule has 2 aromatic heterocycles. The molecule has 0 saturated carbocycles. The number of nitrogens with one attached hydrogen (secondary N) is 1. The second kappa shape index (κ2) is 5.20. The van der Waals surface area contributed by atoms with Crippen LogP contribution in [0.1, 0.15) is 17.0 Å². The number of rotatable bonds is 3. The number of pyridine rings is 1. The summed E-state index contributed by atoms with van der Waals surface area (Å²) in [5.74, 6) is 0.849. The Morgan fingerprint density at radius 1 is 1.60 bits per heavy atom. The highest BCUT2D eigenvalue weighted by Gasteiger charge is 2.24. The lowest BCUT2D eigenvalue weighted by Gasteiger charge is -2.20. The van der Waals surface area contributed by atoms with Gasteiger partial charge in [-0.15, -0.1) is 0 Å². The van der Waals surface area contributed by atoms with Gasteiger partial charge in [0.1, 0.15) is 0 Å². The van der Waals surface area contributed by atoms with Crippen molar-refractivity contribution in [1.82, 2.24) is 24.8 Å². The predicted octanol–water partition coefficient (Wildman–Crippen LogP) is 0.982. The first-order valence-electron chi connectivity index (χ1n) is 6.88.